The number of nitrogens with one attached hydrogen (secondary N) is 1. The van der Waals surface area contributed by atoms with E-state index in [4.69, 9.17) is 9.47 Å². The van der Waals surface area contributed by atoms with E-state index in [1.807, 2.05) is 29.1 Å². The number of carbonyl (C=O) groups excluding carboxylic acids is 1. The summed E-state index contributed by atoms with van der Waals surface area (Å²) in [7, 11) is 0. The third kappa shape index (κ3) is 4.83. The number of amides is 1. The van der Waals surface area contributed by atoms with Gasteiger partial charge in [-0.05, 0) is 49.6 Å². The molecule has 0 bridgehead atoms. The van der Waals surface area contributed by atoms with Crippen LogP contribution >= 0.6 is 0 Å². The van der Waals surface area contributed by atoms with Gasteiger partial charge in [-0.1, -0.05) is 0 Å². The first-order valence-electron chi connectivity index (χ1n) is 8.41. The topological polar surface area (TPSA) is 65.4 Å². The molecule has 1 aliphatic rings. The molecule has 2 aromatic rings. The molecule has 24 heavy (non-hydrogen) atoms. The SMILES string of the molecule is O=C(NCCCn1cccn1)c1ccc(OC[C@@H]2CCCO2)cc1. The number of aryl methyl sites for hydroxylation is 1. The molecule has 6 nitrogen and oxygen atoms in total. The summed E-state index contributed by atoms with van der Waals surface area (Å²) < 4.78 is 13.1. The Morgan fingerprint density at radius 3 is 2.96 bits per heavy atom. The second kappa shape index (κ2) is 8.49. The van der Waals surface area contributed by atoms with Gasteiger partial charge in [-0.3, -0.25) is 9.48 Å². The maximum Gasteiger partial charge on any atom is 0.251 e. The number of nitrogens with zero attached hydrogens (tertiary/aromatic N) is 2. The van der Waals surface area contributed by atoms with Crippen molar-refractivity contribution >= 4 is 5.91 Å². The third-order valence-corrected chi connectivity index (χ3v) is 3.99. The molecule has 2 heterocycles. The summed E-state index contributed by atoms with van der Waals surface area (Å²) in [5.74, 6) is 0.696. The molecule has 6 heteroatoms. The lowest BCUT2D eigenvalue weighted by molar-refractivity contribution is 0.0679. The largest absolute Gasteiger partial charge is 0.491 e. The molecule has 128 valence electrons. The maximum atomic E-state index is 12.1. The molecular formula is C18H23N3O3. The van der Waals surface area contributed by atoms with Crippen LogP contribution in [0, 0.1) is 0 Å². The predicted molar refractivity (Wildman–Crippen MR) is 90.1 cm³/mol. The summed E-state index contributed by atoms with van der Waals surface area (Å²) in [5.41, 5.74) is 0.638. The van der Waals surface area contributed by atoms with Crippen molar-refractivity contribution < 1.29 is 14.3 Å². The molecule has 0 aliphatic carbocycles. The van der Waals surface area contributed by atoms with E-state index in [-0.39, 0.29) is 12.0 Å². The molecule has 0 unspecified atom stereocenters. The average molecular weight is 329 g/mol. The number of benzene rings is 1. The summed E-state index contributed by atoms with van der Waals surface area (Å²) in [4.78, 5) is 12.1. The van der Waals surface area contributed by atoms with Crippen LogP contribution in [0.5, 0.6) is 5.75 Å². The maximum absolute atomic E-state index is 12.1. The minimum Gasteiger partial charge on any atom is -0.491 e. The van der Waals surface area contributed by atoms with Gasteiger partial charge in [0.25, 0.3) is 5.91 Å². The Morgan fingerprint density at radius 1 is 1.38 bits per heavy atom. The summed E-state index contributed by atoms with van der Waals surface area (Å²) in [6.07, 6.45) is 6.86. The van der Waals surface area contributed by atoms with Crippen molar-refractivity contribution in [2.75, 3.05) is 19.8 Å². The van der Waals surface area contributed by atoms with Gasteiger partial charge in [0, 0.05) is 37.7 Å². The lowest BCUT2D eigenvalue weighted by Crippen LogP contribution is -2.25. The first-order valence-corrected chi connectivity index (χ1v) is 8.41. The molecule has 1 N–H and O–H groups in total. The van der Waals surface area contributed by atoms with E-state index in [0.29, 0.717) is 18.7 Å². The van der Waals surface area contributed by atoms with Crippen LogP contribution in [0.25, 0.3) is 0 Å². The zero-order chi connectivity index (χ0) is 16.6. The monoisotopic (exact) mass is 329 g/mol. The molecule has 1 aromatic heterocycles. The van der Waals surface area contributed by atoms with Crippen LogP contribution in [-0.2, 0) is 11.3 Å². The Bertz CT molecular complexity index is 619. The molecule has 1 amide bonds. The van der Waals surface area contributed by atoms with E-state index in [2.05, 4.69) is 10.4 Å². The Morgan fingerprint density at radius 2 is 2.25 bits per heavy atom. The standard InChI is InChI=1S/C18H23N3O3/c22-18(19-9-2-11-21-12-3-10-20-21)15-5-7-16(8-6-15)24-14-17-4-1-13-23-17/h3,5-8,10,12,17H,1-2,4,9,11,13-14H2,(H,19,22)/t17-/m0/s1. The zero-order valence-corrected chi connectivity index (χ0v) is 13.7. The van der Waals surface area contributed by atoms with Crippen molar-refractivity contribution in [2.45, 2.75) is 31.9 Å². The first kappa shape index (κ1) is 16.5. The molecule has 0 saturated carbocycles. The molecule has 1 atom stereocenters. The highest BCUT2D eigenvalue weighted by Crippen LogP contribution is 2.16. The second-order valence-electron chi connectivity index (χ2n) is 5.85. The second-order valence-corrected chi connectivity index (χ2v) is 5.85. The van der Waals surface area contributed by atoms with Gasteiger partial charge >= 0.3 is 0 Å². The van der Waals surface area contributed by atoms with Crippen LogP contribution in [0.15, 0.2) is 42.7 Å². The molecule has 1 saturated heterocycles. The van der Waals surface area contributed by atoms with Crippen molar-refractivity contribution in [3.8, 4) is 5.75 Å². The highest BCUT2D eigenvalue weighted by molar-refractivity contribution is 5.94. The van der Waals surface area contributed by atoms with Gasteiger partial charge < -0.3 is 14.8 Å². The minimum atomic E-state index is -0.0684. The van der Waals surface area contributed by atoms with Crippen molar-refractivity contribution in [2.24, 2.45) is 0 Å². The molecule has 1 aromatic carbocycles. The van der Waals surface area contributed by atoms with Crippen molar-refractivity contribution in [3.05, 3.63) is 48.3 Å². The van der Waals surface area contributed by atoms with Gasteiger partial charge in [0.15, 0.2) is 0 Å². The fourth-order valence-corrected chi connectivity index (χ4v) is 2.65. The van der Waals surface area contributed by atoms with Gasteiger partial charge in [-0.15, -0.1) is 0 Å². The molecular weight excluding hydrogens is 306 g/mol. The highest BCUT2D eigenvalue weighted by Gasteiger charge is 2.16. The lowest BCUT2D eigenvalue weighted by atomic mass is 10.2. The fourth-order valence-electron chi connectivity index (χ4n) is 2.65. The van der Waals surface area contributed by atoms with Gasteiger partial charge in [-0.2, -0.15) is 5.10 Å². The lowest BCUT2D eigenvalue weighted by Gasteiger charge is -2.11. The summed E-state index contributed by atoms with van der Waals surface area (Å²) >= 11 is 0. The predicted octanol–water partition coefficient (Wildman–Crippen LogP) is 2.26. The normalized spacial score (nSPS) is 16.9. The fraction of sp³-hybridized carbons (Fsp3) is 0.444. The van der Waals surface area contributed by atoms with E-state index < -0.39 is 0 Å². The van der Waals surface area contributed by atoms with Crippen LogP contribution in [0.4, 0.5) is 0 Å². The first-order chi connectivity index (χ1) is 11.8. The minimum absolute atomic E-state index is 0.0684. The van der Waals surface area contributed by atoms with E-state index in [0.717, 1.165) is 38.2 Å². The quantitative estimate of drug-likeness (QED) is 0.755. The van der Waals surface area contributed by atoms with E-state index in [1.165, 1.54) is 0 Å². The summed E-state index contributed by atoms with van der Waals surface area (Å²) in [6, 6.07) is 9.11. The Labute approximate surface area is 141 Å². The molecule has 1 fully saturated rings. The van der Waals surface area contributed by atoms with Crippen LogP contribution in [0.3, 0.4) is 0 Å². The highest BCUT2D eigenvalue weighted by atomic mass is 16.5. The number of ether oxygens (including phenoxy) is 2. The Hall–Kier alpha value is -2.34. The summed E-state index contributed by atoms with van der Waals surface area (Å²) in [6.45, 7) is 2.81. The number of rotatable bonds is 8. The summed E-state index contributed by atoms with van der Waals surface area (Å²) in [5, 5.41) is 7.04. The molecule has 0 spiro atoms. The number of aromatic nitrogens is 2. The molecule has 1 aliphatic heterocycles. The molecule has 3 rings (SSSR count). The average Bonchev–Trinajstić information content (AvgIpc) is 3.31. The Balaban J connectivity index is 1.38. The van der Waals surface area contributed by atoms with E-state index in [1.54, 1.807) is 18.3 Å². The van der Waals surface area contributed by atoms with E-state index >= 15 is 0 Å². The van der Waals surface area contributed by atoms with E-state index in [9.17, 15) is 4.79 Å². The smallest absolute Gasteiger partial charge is 0.251 e. The van der Waals surface area contributed by atoms with Crippen molar-refractivity contribution in [1.29, 1.82) is 0 Å². The number of carbonyl (C=O) groups is 1. The van der Waals surface area contributed by atoms with Crippen molar-refractivity contribution in [1.82, 2.24) is 15.1 Å². The number of hydrogen-bond acceptors (Lipinski definition) is 4. The van der Waals surface area contributed by atoms with Crippen LogP contribution in [0.1, 0.15) is 29.6 Å². The van der Waals surface area contributed by atoms with Gasteiger partial charge in [-0.25, -0.2) is 0 Å². The van der Waals surface area contributed by atoms with Crippen LogP contribution in [0.2, 0.25) is 0 Å². The zero-order valence-electron chi connectivity index (χ0n) is 13.7. The van der Waals surface area contributed by atoms with Gasteiger partial charge in [0.05, 0.1) is 6.10 Å². The number of hydrogen-bond donors (Lipinski definition) is 1. The van der Waals surface area contributed by atoms with Crippen LogP contribution < -0.4 is 10.1 Å². The van der Waals surface area contributed by atoms with Crippen molar-refractivity contribution in [3.63, 3.8) is 0 Å². The van der Waals surface area contributed by atoms with Gasteiger partial charge in [0.2, 0.25) is 0 Å². The molecule has 0 radical (unpaired) electrons. The van der Waals surface area contributed by atoms with Gasteiger partial charge in [0.1, 0.15) is 12.4 Å². The third-order valence-electron chi connectivity index (χ3n) is 3.99. The van der Waals surface area contributed by atoms with Crippen LogP contribution in [-0.4, -0.2) is 41.6 Å². The Kier molecular flexibility index (Phi) is 5.85.